The Labute approximate surface area is 98.4 Å². The Hall–Kier alpha value is -0.130. The van der Waals surface area contributed by atoms with Gasteiger partial charge in [0.1, 0.15) is 0 Å². The number of rotatable bonds is 2. The van der Waals surface area contributed by atoms with Gasteiger partial charge in [-0.25, -0.2) is 8.42 Å². The minimum atomic E-state index is -3.11. The fourth-order valence-corrected chi connectivity index (χ4v) is 4.19. The van der Waals surface area contributed by atoms with Crippen molar-refractivity contribution in [3.63, 3.8) is 0 Å². The molecule has 2 aliphatic rings. The van der Waals surface area contributed by atoms with Gasteiger partial charge >= 0.3 is 0 Å². The van der Waals surface area contributed by atoms with Gasteiger partial charge in [-0.05, 0) is 37.6 Å². The van der Waals surface area contributed by atoms with Crippen LogP contribution in [-0.4, -0.2) is 39.3 Å². The first kappa shape index (κ1) is 12.3. The van der Waals surface area contributed by atoms with Crippen molar-refractivity contribution in [2.45, 2.75) is 32.4 Å². The van der Waals surface area contributed by atoms with E-state index in [1.54, 1.807) is 0 Å². The predicted molar refractivity (Wildman–Crippen MR) is 64.4 cm³/mol. The first-order valence-corrected chi connectivity index (χ1v) is 7.95. The van der Waals surface area contributed by atoms with Crippen LogP contribution in [0.2, 0.25) is 0 Å². The molecule has 16 heavy (non-hydrogen) atoms. The van der Waals surface area contributed by atoms with E-state index in [-0.39, 0.29) is 6.17 Å². The van der Waals surface area contributed by atoms with Crippen molar-refractivity contribution in [2.24, 2.45) is 17.8 Å². The molecule has 1 heterocycles. The molecule has 94 valence electrons. The molecule has 2 fully saturated rings. The number of piperidine rings is 1. The summed E-state index contributed by atoms with van der Waals surface area (Å²) >= 11 is 0. The Morgan fingerprint density at radius 2 is 2.00 bits per heavy atom. The van der Waals surface area contributed by atoms with Crippen molar-refractivity contribution in [2.75, 3.05) is 19.8 Å². The number of nitrogens with one attached hydrogen (secondary N) is 1. The van der Waals surface area contributed by atoms with Gasteiger partial charge in [0.15, 0.2) is 0 Å². The SMILES string of the molecule is CC1C2CCCC1C(NS(C)(=O)=O)N(C)C2. The van der Waals surface area contributed by atoms with Crippen molar-refractivity contribution in [1.82, 2.24) is 9.62 Å². The molecular formula is C11H22N2O2S. The lowest BCUT2D eigenvalue weighted by Crippen LogP contribution is -2.59. The topological polar surface area (TPSA) is 49.4 Å². The highest BCUT2D eigenvalue weighted by Gasteiger charge is 2.42. The lowest BCUT2D eigenvalue weighted by atomic mass is 9.69. The van der Waals surface area contributed by atoms with Crippen LogP contribution in [0, 0.1) is 17.8 Å². The summed E-state index contributed by atoms with van der Waals surface area (Å²) in [5.74, 6) is 1.87. The van der Waals surface area contributed by atoms with E-state index in [1.165, 1.54) is 19.1 Å². The van der Waals surface area contributed by atoms with Crippen LogP contribution in [0.1, 0.15) is 26.2 Å². The van der Waals surface area contributed by atoms with Crippen LogP contribution in [0.3, 0.4) is 0 Å². The smallest absolute Gasteiger partial charge is 0.210 e. The molecule has 0 aromatic heterocycles. The van der Waals surface area contributed by atoms with Gasteiger partial charge in [0, 0.05) is 6.54 Å². The molecule has 1 aliphatic carbocycles. The van der Waals surface area contributed by atoms with Crippen LogP contribution in [0.25, 0.3) is 0 Å². The molecule has 4 unspecified atom stereocenters. The maximum atomic E-state index is 11.4. The molecular weight excluding hydrogens is 224 g/mol. The van der Waals surface area contributed by atoms with E-state index in [4.69, 9.17) is 0 Å². The van der Waals surface area contributed by atoms with Crippen LogP contribution < -0.4 is 4.72 Å². The second-order valence-corrected chi connectivity index (χ2v) is 7.27. The summed E-state index contributed by atoms with van der Waals surface area (Å²) in [6.07, 6.45) is 4.94. The molecule has 4 nitrogen and oxygen atoms in total. The zero-order valence-corrected chi connectivity index (χ0v) is 11.1. The van der Waals surface area contributed by atoms with Crippen molar-refractivity contribution in [3.8, 4) is 0 Å². The Morgan fingerprint density at radius 1 is 1.31 bits per heavy atom. The molecule has 0 radical (unpaired) electrons. The summed E-state index contributed by atoms with van der Waals surface area (Å²) < 4.78 is 25.5. The molecule has 4 atom stereocenters. The van der Waals surface area contributed by atoms with Gasteiger partial charge in [-0.2, -0.15) is 4.72 Å². The van der Waals surface area contributed by atoms with E-state index in [0.717, 1.165) is 18.9 Å². The fourth-order valence-electron chi connectivity index (χ4n) is 3.40. The Kier molecular flexibility index (Phi) is 3.29. The van der Waals surface area contributed by atoms with Gasteiger partial charge in [-0.15, -0.1) is 0 Å². The van der Waals surface area contributed by atoms with Gasteiger partial charge in [-0.1, -0.05) is 13.3 Å². The minimum Gasteiger partial charge on any atom is -0.290 e. The van der Waals surface area contributed by atoms with Crippen molar-refractivity contribution < 1.29 is 8.42 Å². The third-order valence-electron chi connectivity index (χ3n) is 4.27. The highest BCUT2D eigenvalue weighted by atomic mass is 32.2. The first-order valence-electron chi connectivity index (χ1n) is 6.06. The van der Waals surface area contributed by atoms with Crippen molar-refractivity contribution in [3.05, 3.63) is 0 Å². The summed E-state index contributed by atoms with van der Waals surface area (Å²) in [6, 6.07) is 0. The first-order chi connectivity index (χ1) is 7.38. The molecule has 2 rings (SSSR count). The Balaban J connectivity index is 2.17. The monoisotopic (exact) mass is 246 g/mol. The highest BCUT2D eigenvalue weighted by Crippen LogP contribution is 2.41. The summed E-state index contributed by atoms with van der Waals surface area (Å²) in [6.45, 7) is 3.29. The standard InChI is InChI=1S/C11H22N2O2S/c1-8-9-5-4-6-10(8)11(13(2)7-9)12-16(3,14)15/h8-12H,4-7H2,1-3H3. The number of likely N-dealkylation sites (tertiary alicyclic amines) is 1. The molecule has 2 bridgehead atoms. The van der Waals surface area contributed by atoms with Gasteiger partial charge in [0.2, 0.25) is 10.0 Å². The number of hydrogen-bond acceptors (Lipinski definition) is 3. The molecule has 0 amide bonds. The van der Waals surface area contributed by atoms with E-state index in [0.29, 0.717) is 11.8 Å². The average molecular weight is 246 g/mol. The fraction of sp³-hybridized carbons (Fsp3) is 1.00. The van der Waals surface area contributed by atoms with E-state index >= 15 is 0 Å². The minimum absolute atomic E-state index is 0.00144. The van der Waals surface area contributed by atoms with Crippen LogP contribution >= 0.6 is 0 Å². The zero-order valence-electron chi connectivity index (χ0n) is 10.3. The second kappa shape index (κ2) is 4.27. The number of fused-ring (bicyclic) bond motifs is 2. The highest BCUT2D eigenvalue weighted by molar-refractivity contribution is 7.88. The Bertz CT molecular complexity index is 355. The van der Waals surface area contributed by atoms with Crippen molar-refractivity contribution >= 4 is 10.0 Å². The third kappa shape index (κ3) is 2.41. The third-order valence-corrected chi connectivity index (χ3v) is 4.94. The molecule has 1 saturated carbocycles. The molecule has 0 aromatic rings. The quantitative estimate of drug-likeness (QED) is 0.786. The summed E-state index contributed by atoms with van der Waals surface area (Å²) in [5.41, 5.74) is 0. The number of sulfonamides is 1. The van der Waals surface area contributed by atoms with Crippen LogP contribution in [-0.2, 0) is 10.0 Å². The molecule has 1 aliphatic heterocycles. The molecule has 0 spiro atoms. The normalized spacial score (nSPS) is 40.9. The molecule has 5 heteroatoms. The van der Waals surface area contributed by atoms with Gasteiger partial charge in [0.25, 0.3) is 0 Å². The number of nitrogens with zero attached hydrogens (tertiary/aromatic N) is 1. The molecule has 1 saturated heterocycles. The largest absolute Gasteiger partial charge is 0.290 e. The second-order valence-electron chi connectivity index (χ2n) is 5.49. The summed E-state index contributed by atoms with van der Waals surface area (Å²) in [4.78, 5) is 2.18. The summed E-state index contributed by atoms with van der Waals surface area (Å²) in [5, 5.41) is 0. The van der Waals surface area contributed by atoms with E-state index in [2.05, 4.69) is 16.5 Å². The lowest BCUT2D eigenvalue weighted by Gasteiger charge is -2.50. The maximum Gasteiger partial charge on any atom is 0.210 e. The van der Waals surface area contributed by atoms with Crippen LogP contribution in [0.5, 0.6) is 0 Å². The van der Waals surface area contributed by atoms with E-state index in [9.17, 15) is 8.42 Å². The molecule has 0 aromatic carbocycles. The average Bonchev–Trinajstić information content (AvgIpc) is 2.14. The lowest BCUT2D eigenvalue weighted by molar-refractivity contribution is -0.0103. The van der Waals surface area contributed by atoms with E-state index < -0.39 is 10.0 Å². The Morgan fingerprint density at radius 3 is 2.62 bits per heavy atom. The van der Waals surface area contributed by atoms with Crippen LogP contribution in [0.4, 0.5) is 0 Å². The van der Waals surface area contributed by atoms with Crippen molar-refractivity contribution in [1.29, 1.82) is 0 Å². The molecule has 1 N–H and O–H groups in total. The maximum absolute atomic E-state index is 11.4. The van der Waals surface area contributed by atoms with Gasteiger partial charge in [-0.3, -0.25) is 4.90 Å². The van der Waals surface area contributed by atoms with E-state index in [1.807, 2.05) is 7.05 Å². The summed E-state index contributed by atoms with van der Waals surface area (Å²) in [7, 11) is -1.08. The number of hydrogen-bond donors (Lipinski definition) is 1. The zero-order chi connectivity index (χ0) is 11.9. The van der Waals surface area contributed by atoms with Crippen LogP contribution in [0.15, 0.2) is 0 Å². The van der Waals surface area contributed by atoms with Gasteiger partial charge < -0.3 is 0 Å². The predicted octanol–water partition coefficient (Wildman–Crippen LogP) is 0.859. The van der Waals surface area contributed by atoms with Gasteiger partial charge in [0.05, 0.1) is 12.4 Å².